The van der Waals surface area contributed by atoms with Crippen molar-refractivity contribution in [1.29, 1.82) is 0 Å². The number of rotatable bonds is 4. The molecule has 1 aliphatic rings. The number of hydrogen-bond donors (Lipinski definition) is 1. The zero-order valence-electron chi connectivity index (χ0n) is 11.6. The molecule has 0 aromatic carbocycles. The predicted octanol–water partition coefficient (Wildman–Crippen LogP) is 3.53. The molecule has 0 heterocycles. The Kier molecular flexibility index (Phi) is 5.23. The van der Waals surface area contributed by atoms with Gasteiger partial charge in [0.25, 0.3) is 0 Å². The van der Waals surface area contributed by atoms with Crippen LogP contribution in [0.1, 0.15) is 52.9 Å². The fraction of sp³-hybridized carbons (Fsp3) is 0.800. The van der Waals surface area contributed by atoms with Crippen molar-refractivity contribution in [3.8, 4) is 0 Å². The third-order valence-electron chi connectivity index (χ3n) is 3.50. The minimum Gasteiger partial charge on any atom is -0.356 e. The van der Waals surface area contributed by atoms with Gasteiger partial charge in [0.2, 0.25) is 5.91 Å². The summed E-state index contributed by atoms with van der Waals surface area (Å²) in [5.74, 6) is 1.58. The standard InChI is InChI=1S/C15H27NO/c1-5-12-6-8-13(9-7-12)11-16-14(17)10-15(2,3)4/h5,12-13H,1,6-11H2,2-4H3,(H,16,17). The highest BCUT2D eigenvalue weighted by molar-refractivity contribution is 5.76. The van der Waals surface area contributed by atoms with Crippen LogP contribution in [-0.2, 0) is 4.79 Å². The number of hydrogen-bond acceptors (Lipinski definition) is 1. The van der Waals surface area contributed by atoms with Crippen LogP contribution in [0.15, 0.2) is 12.7 Å². The molecule has 17 heavy (non-hydrogen) atoms. The van der Waals surface area contributed by atoms with Crippen LogP contribution < -0.4 is 5.32 Å². The van der Waals surface area contributed by atoms with E-state index in [1.54, 1.807) is 0 Å². The van der Waals surface area contributed by atoms with Gasteiger partial charge in [-0.05, 0) is 42.9 Å². The molecule has 1 N–H and O–H groups in total. The molecule has 0 radical (unpaired) electrons. The van der Waals surface area contributed by atoms with Crippen molar-refractivity contribution in [2.24, 2.45) is 17.3 Å². The highest BCUT2D eigenvalue weighted by Gasteiger charge is 2.21. The van der Waals surface area contributed by atoms with E-state index in [1.165, 1.54) is 25.7 Å². The first kappa shape index (κ1) is 14.3. The van der Waals surface area contributed by atoms with Gasteiger partial charge in [-0.3, -0.25) is 4.79 Å². The number of carbonyl (C=O) groups excluding carboxylic acids is 1. The Balaban J connectivity index is 2.19. The zero-order valence-corrected chi connectivity index (χ0v) is 11.6. The molecule has 0 aliphatic heterocycles. The normalized spacial score (nSPS) is 25.4. The average Bonchev–Trinajstić information content (AvgIpc) is 2.25. The monoisotopic (exact) mass is 237 g/mol. The highest BCUT2D eigenvalue weighted by atomic mass is 16.1. The Morgan fingerprint density at radius 3 is 2.35 bits per heavy atom. The van der Waals surface area contributed by atoms with Gasteiger partial charge in [-0.2, -0.15) is 0 Å². The van der Waals surface area contributed by atoms with Gasteiger partial charge in [0.1, 0.15) is 0 Å². The van der Waals surface area contributed by atoms with E-state index in [2.05, 4.69) is 38.7 Å². The zero-order chi connectivity index (χ0) is 12.9. The van der Waals surface area contributed by atoms with Gasteiger partial charge in [-0.25, -0.2) is 0 Å². The summed E-state index contributed by atoms with van der Waals surface area (Å²) in [5, 5.41) is 3.08. The second-order valence-corrected chi connectivity index (χ2v) is 6.56. The molecule has 0 bridgehead atoms. The Morgan fingerprint density at radius 2 is 1.88 bits per heavy atom. The van der Waals surface area contributed by atoms with E-state index in [0.29, 0.717) is 18.3 Å². The fourth-order valence-corrected chi connectivity index (χ4v) is 2.43. The summed E-state index contributed by atoms with van der Waals surface area (Å²) >= 11 is 0. The highest BCUT2D eigenvalue weighted by Crippen LogP contribution is 2.28. The van der Waals surface area contributed by atoms with Gasteiger partial charge in [0.15, 0.2) is 0 Å². The molecule has 98 valence electrons. The molecule has 1 aliphatic carbocycles. The summed E-state index contributed by atoms with van der Waals surface area (Å²) in [6, 6.07) is 0. The molecule has 0 unspecified atom stereocenters. The molecule has 1 rings (SSSR count). The first-order valence-electron chi connectivity index (χ1n) is 6.80. The number of nitrogens with one attached hydrogen (secondary N) is 1. The number of allylic oxidation sites excluding steroid dienone is 1. The third kappa shape index (κ3) is 5.90. The molecular weight excluding hydrogens is 210 g/mol. The van der Waals surface area contributed by atoms with Crippen LogP contribution in [0.4, 0.5) is 0 Å². The van der Waals surface area contributed by atoms with Crippen LogP contribution in [0.3, 0.4) is 0 Å². The van der Waals surface area contributed by atoms with Gasteiger partial charge < -0.3 is 5.32 Å². The van der Waals surface area contributed by atoms with Gasteiger partial charge in [-0.1, -0.05) is 26.8 Å². The minimum atomic E-state index is 0.0879. The molecule has 0 aromatic rings. The quantitative estimate of drug-likeness (QED) is 0.745. The van der Waals surface area contributed by atoms with Crippen molar-refractivity contribution < 1.29 is 4.79 Å². The van der Waals surface area contributed by atoms with E-state index in [1.807, 2.05) is 0 Å². The second kappa shape index (κ2) is 6.23. The maximum Gasteiger partial charge on any atom is 0.220 e. The molecule has 0 atom stereocenters. The largest absolute Gasteiger partial charge is 0.356 e. The van der Waals surface area contributed by atoms with Crippen LogP contribution in [0, 0.1) is 17.3 Å². The maximum atomic E-state index is 11.7. The van der Waals surface area contributed by atoms with Gasteiger partial charge in [0.05, 0.1) is 0 Å². The van der Waals surface area contributed by atoms with Gasteiger partial charge in [-0.15, -0.1) is 6.58 Å². The number of amides is 1. The Bertz CT molecular complexity index is 257. The first-order valence-corrected chi connectivity index (χ1v) is 6.80. The van der Waals surface area contributed by atoms with E-state index in [0.717, 1.165) is 6.54 Å². The van der Waals surface area contributed by atoms with E-state index in [-0.39, 0.29) is 11.3 Å². The molecule has 0 spiro atoms. The van der Waals surface area contributed by atoms with Crippen molar-refractivity contribution in [3.63, 3.8) is 0 Å². The van der Waals surface area contributed by atoms with Gasteiger partial charge in [0, 0.05) is 13.0 Å². The predicted molar refractivity (Wildman–Crippen MR) is 72.7 cm³/mol. The summed E-state index contributed by atoms with van der Waals surface area (Å²) in [6.07, 6.45) is 7.63. The summed E-state index contributed by atoms with van der Waals surface area (Å²) in [6.45, 7) is 11.0. The lowest BCUT2D eigenvalue weighted by atomic mass is 9.82. The lowest BCUT2D eigenvalue weighted by Crippen LogP contribution is -2.33. The maximum absolute atomic E-state index is 11.7. The number of carbonyl (C=O) groups is 1. The van der Waals surface area contributed by atoms with Crippen molar-refractivity contribution >= 4 is 5.91 Å². The molecular formula is C15H27NO. The van der Waals surface area contributed by atoms with E-state index >= 15 is 0 Å². The topological polar surface area (TPSA) is 29.1 Å². The van der Waals surface area contributed by atoms with Crippen LogP contribution in [-0.4, -0.2) is 12.5 Å². The van der Waals surface area contributed by atoms with E-state index in [4.69, 9.17) is 0 Å². The van der Waals surface area contributed by atoms with Crippen LogP contribution in [0.2, 0.25) is 0 Å². The smallest absolute Gasteiger partial charge is 0.220 e. The molecule has 2 nitrogen and oxygen atoms in total. The Hall–Kier alpha value is -0.790. The lowest BCUT2D eigenvalue weighted by molar-refractivity contribution is -0.123. The van der Waals surface area contributed by atoms with Crippen LogP contribution in [0.5, 0.6) is 0 Å². The molecule has 1 fully saturated rings. The molecule has 2 heteroatoms. The molecule has 0 aromatic heterocycles. The van der Waals surface area contributed by atoms with Crippen molar-refractivity contribution in [3.05, 3.63) is 12.7 Å². The van der Waals surface area contributed by atoms with E-state index < -0.39 is 0 Å². The lowest BCUT2D eigenvalue weighted by Gasteiger charge is -2.27. The fourth-order valence-electron chi connectivity index (χ4n) is 2.43. The minimum absolute atomic E-state index is 0.0879. The van der Waals surface area contributed by atoms with Crippen molar-refractivity contribution in [2.75, 3.05) is 6.54 Å². The van der Waals surface area contributed by atoms with Gasteiger partial charge >= 0.3 is 0 Å². The summed E-state index contributed by atoms with van der Waals surface area (Å²) in [7, 11) is 0. The van der Waals surface area contributed by atoms with E-state index in [9.17, 15) is 4.79 Å². The summed E-state index contributed by atoms with van der Waals surface area (Å²) in [5.41, 5.74) is 0.0879. The first-order chi connectivity index (χ1) is 7.90. The molecule has 1 amide bonds. The van der Waals surface area contributed by atoms with Crippen LogP contribution >= 0.6 is 0 Å². The molecule has 0 saturated heterocycles. The average molecular weight is 237 g/mol. The third-order valence-corrected chi connectivity index (χ3v) is 3.50. The SMILES string of the molecule is C=CC1CCC(CNC(=O)CC(C)(C)C)CC1. The molecule has 1 saturated carbocycles. The van der Waals surface area contributed by atoms with Crippen molar-refractivity contribution in [1.82, 2.24) is 5.32 Å². The van der Waals surface area contributed by atoms with Crippen molar-refractivity contribution in [2.45, 2.75) is 52.9 Å². The summed E-state index contributed by atoms with van der Waals surface area (Å²) < 4.78 is 0. The Labute approximate surface area is 106 Å². The second-order valence-electron chi connectivity index (χ2n) is 6.56. The Morgan fingerprint density at radius 1 is 1.29 bits per heavy atom. The summed E-state index contributed by atoms with van der Waals surface area (Å²) in [4.78, 5) is 11.7. The van der Waals surface area contributed by atoms with Crippen LogP contribution in [0.25, 0.3) is 0 Å².